The van der Waals surface area contributed by atoms with Crippen LogP contribution in [0.3, 0.4) is 0 Å². The van der Waals surface area contributed by atoms with E-state index in [4.69, 9.17) is 10.5 Å². The summed E-state index contributed by atoms with van der Waals surface area (Å²) in [6.07, 6.45) is 4.58. The van der Waals surface area contributed by atoms with E-state index in [2.05, 4.69) is 41.3 Å². The Bertz CT molecular complexity index is 481. The van der Waals surface area contributed by atoms with Crippen LogP contribution >= 0.6 is 0 Å². The summed E-state index contributed by atoms with van der Waals surface area (Å²) in [5.74, 6) is 1.10. The zero-order chi connectivity index (χ0) is 19.2. The summed E-state index contributed by atoms with van der Waals surface area (Å²) in [6, 6.07) is 0.381. The van der Waals surface area contributed by atoms with E-state index in [9.17, 15) is 4.79 Å². The fourth-order valence-corrected chi connectivity index (χ4v) is 4.08. The van der Waals surface area contributed by atoms with Crippen LogP contribution in [0, 0.1) is 11.3 Å². The number of carbonyl (C=O) groups excluding carboxylic acids is 1. The molecule has 7 nitrogen and oxygen atoms in total. The van der Waals surface area contributed by atoms with Gasteiger partial charge in [0.05, 0.1) is 12.6 Å². The number of nitrogens with two attached hydrogens (primary N) is 1. The number of likely N-dealkylation sites (tertiary alicyclic amines) is 1. The molecule has 2 saturated heterocycles. The number of rotatable bonds is 5. The smallest absolute Gasteiger partial charge is 0.231 e. The number of nitrogens with zero attached hydrogens (tertiary/aromatic N) is 2. The Labute approximate surface area is 158 Å². The minimum Gasteiger partial charge on any atom is -0.377 e. The summed E-state index contributed by atoms with van der Waals surface area (Å²) in [5.41, 5.74) is 5.43. The van der Waals surface area contributed by atoms with E-state index in [1.54, 1.807) is 0 Å². The van der Waals surface area contributed by atoms with E-state index in [-0.39, 0.29) is 17.4 Å². The highest BCUT2D eigenvalue weighted by Crippen LogP contribution is 2.33. The Balaban J connectivity index is 1.78. The Morgan fingerprint density at radius 3 is 2.54 bits per heavy atom. The maximum absolute atomic E-state index is 11.0. The molecule has 26 heavy (non-hydrogen) atoms. The van der Waals surface area contributed by atoms with Crippen molar-refractivity contribution in [1.82, 2.24) is 15.5 Å². The van der Waals surface area contributed by atoms with Crippen molar-refractivity contribution in [3.63, 3.8) is 0 Å². The van der Waals surface area contributed by atoms with Crippen molar-refractivity contribution in [1.29, 1.82) is 0 Å². The van der Waals surface area contributed by atoms with Gasteiger partial charge in [0.15, 0.2) is 5.96 Å². The lowest BCUT2D eigenvalue weighted by Crippen LogP contribution is -2.52. The van der Waals surface area contributed by atoms with Crippen molar-refractivity contribution in [3.05, 3.63) is 0 Å². The van der Waals surface area contributed by atoms with Gasteiger partial charge < -0.3 is 21.1 Å². The lowest BCUT2D eigenvalue weighted by atomic mass is 9.78. The van der Waals surface area contributed by atoms with Crippen molar-refractivity contribution in [2.45, 2.75) is 58.6 Å². The molecule has 7 heteroatoms. The Morgan fingerprint density at radius 1 is 1.27 bits per heavy atom. The van der Waals surface area contributed by atoms with E-state index in [1.807, 2.05) is 7.05 Å². The molecule has 2 fully saturated rings. The van der Waals surface area contributed by atoms with Crippen molar-refractivity contribution >= 4 is 11.9 Å². The molecule has 2 atom stereocenters. The third-order valence-corrected chi connectivity index (χ3v) is 5.36. The van der Waals surface area contributed by atoms with E-state index in [1.165, 1.54) is 6.42 Å². The number of ether oxygens (including phenoxy) is 1. The van der Waals surface area contributed by atoms with E-state index < -0.39 is 0 Å². The molecule has 0 aromatic rings. The molecule has 0 radical (unpaired) electrons. The van der Waals surface area contributed by atoms with Crippen molar-refractivity contribution < 1.29 is 9.53 Å². The lowest BCUT2D eigenvalue weighted by molar-refractivity contribution is -0.119. The number of hydrogen-bond acceptors (Lipinski definition) is 4. The number of hydrogen-bond donors (Lipinski definition) is 3. The maximum atomic E-state index is 11.0. The van der Waals surface area contributed by atoms with E-state index in [0.29, 0.717) is 18.5 Å². The van der Waals surface area contributed by atoms with Crippen LogP contribution in [-0.2, 0) is 9.53 Å². The largest absolute Gasteiger partial charge is 0.377 e. The van der Waals surface area contributed by atoms with Gasteiger partial charge in [0.2, 0.25) is 5.91 Å². The number of nitrogens with one attached hydrogen (secondary N) is 2. The Kier molecular flexibility index (Phi) is 7.70. The zero-order valence-corrected chi connectivity index (χ0v) is 16.9. The van der Waals surface area contributed by atoms with Crippen LogP contribution in [0.5, 0.6) is 0 Å². The number of aliphatic imine (C=N–C) groups is 1. The fourth-order valence-electron chi connectivity index (χ4n) is 4.08. The summed E-state index contributed by atoms with van der Waals surface area (Å²) in [7, 11) is 1.82. The first-order valence-corrected chi connectivity index (χ1v) is 9.89. The van der Waals surface area contributed by atoms with Gasteiger partial charge in [-0.1, -0.05) is 20.8 Å². The Hall–Kier alpha value is -1.34. The topological polar surface area (TPSA) is 92.0 Å². The van der Waals surface area contributed by atoms with Gasteiger partial charge in [-0.2, -0.15) is 0 Å². The van der Waals surface area contributed by atoms with E-state index in [0.717, 1.165) is 51.5 Å². The second-order valence-electron chi connectivity index (χ2n) is 8.67. The summed E-state index contributed by atoms with van der Waals surface area (Å²) >= 11 is 0. The van der Waals surface area contributed by atoms with Crippen LogP contribution in [-0.4, -0.2) is 68.7 Å². The van der Waals surface area contributed by atoms with Crippen LogP contribution in [0.15, 0.2) is 4.99 Å². The maximum Gasteiger partial charge on any atom is 0.231 e. The first-order chi connectivity index (χ1) is 12.3. The average Bonchev–Trinajstić information content (AvgIpc) is 2.59. The highest BCUT2D eigenvalue weighted by Gasteiger charge is 2.35. The van der Waals surface area contributed by atoms with Gasteiger partial charge in [-0.25, -0.2) is 0 Å². The number of piperidine rings is 1. The molecule has 2 aliphatic rings. The minimum atomic E-state index is -0.253. The van der Waals surface area contributed by atoms with Crippen LogP contribution in [0.2, 0.25) is 0 Å². The first-order valence-electron chi connectivity index (χ1n) is 9.89. The van der Waals surface area contributed by atoms with Gasteiger partial charge in [0.25, 0.3) is 0 Å². The molecular weight excluding hydrogens is 330 g/mol. The molecule has 2 heterocycles. The monoisotopic (exact) mass is 367 g/mol. The third-order valence-electron chi connectivity index (χ3n) is 5.36. The first kappa shape index (κ1) is 21.0. The molecule has 0 bridgehead atoms. The molecule has 0 aromatic carbocycles. The lowest BCUT2D eigenvalue weighted by Gasteiger charge is -2.40. The van der Waals surface area contributed by atoms with Crippen LogP contribution in [0.25, 0.3) is 0 Å². The molecule has 150 valence electrons. The average molecular weight is 368 g/mol. The quantitative estimate of drug-likeness (QED) is 0.497. The van der Waals surface area contributed by atoms with Crippen LogP contribution in [0.4, 0.5) is 0 Å². The van der Waals surface area contributed by atoms with Crippen molar-refractivity contribution in [3.8, 4) is 0 Å². The number of carbonyl (C=O) groups is 1. The molecule has 2 unspecified atom stereocenters. The fraction of sp³-hybridized carbons (Fsp3) is 0.895. The van der Waals surface area contributed by atoms with Crippen LogP contribution in [0.1, 0.15) is 46.5 Å². The molecule has 2 aliphatic heterocycles. The second kappa shape index (κ2) is 9.55. The molecule has 4 N–H and O–H groups in total. The molecule has 2 rings (SSSR count). The molecule has 0 aliphatic carbocycles. The highest BCUT2D eigenvalue weighted by atomic mass is 16.5. The van der Waals surface area contributed by atoms with Gasteiger partial charge >= 0.3 is 0 Å². The summed E-state index contributed by atoms with van der Waals surface area (Å²) in [4.78, 5) is 17.5. The Morgan fingerprint density at radius 2 is 1.96 bits per heavy atom. The SMILES string of the molecule is CN=C(NCC1CCCOC1C(C)(C)C)NC1CCN(CC(N)=O)CC1. The van der Waals surface area contributed by atoms with E-state index >= 15 is 0 Å². The molecule has 1 amide bonds. The molecule has 0 saturated carbocycles. The molecule has 0 spiro atoms. The summed E-state index contributed by atoms with van der Waals surface area (Å²) in [6.45, 7) is 10.6. The van der Waals surface area contributed by atoms with Crippen molar-refractivity contribution in [2.75, 3.05) is 39.8 Å². The predicted octanol–water partition coefficient (Wildman–Crippen LogP) is 0.942. The standard InChI is InChI=1S/C19H37N5O2/c1-19(2,3)17-14(6-5-11-26-17)12-22-18(21-4)23-15-7-9-24(10-8-15)13-16(20)25/h14-15,17H,5-13H2,1-4H3,(H2,20,25)(H2,21,22,23). The van der Waals surface area contributed by atoms with Crippen molar-refractivity contribution in [2.24, 2.45) is 22.1 Å². The summed E-state index contributed by atoms with van der Waals surface area (Å²) in [5, 5.41) is 7.03. The zero-order valence-electron chi connectivity index (χ0n) is 16.9. The molecular formula is C19H37N5O2. The van der Waals surface area contributed by atoms with Crippen LogP contribution < -0.4 is 16.4 Å². The number of primary amides is 1. The number of amides is 1. The number of guanidine groups is 1. The van der Waals surface area contributed by atoms with Gasteiger partial charge in [0, 0.05) is 45.2 Å². The normalized spacial score (nSPS) is 26.5. The summed E-state index contributed by atoms with van der Waals surface area (Å²) < 4.78 is 6.07. The minimum absolute atomic E-state index is 0.150. The highest BCUT2D eigenvalue weighted by molar-refractivity contribution is 5.80. The second-order valence-corrected chi connectivity index (χ2v) is 8.67. The van der Waals surface area contributed by atoms with Gasteiger partial charge in [0.1, 0.15) is 0 Å². The third kappa shape index (κ3) is 6.43. The predicted molar refractivity (Wildman–Crippen MR) is 105 cm³/mol. The van der Waals surface area contributed by atoms with Gasteiger partial charge in [-0.3, -0.25) is 14.7 Å². The van der Waals surface area contributed by atoms with Gasteiger partial charge in [-0.15, -0.1) is 0 Å². The molecule has 0 aromatic heterocycles. The van der Waals surface area contributed by atoms with Gasteiger partial charge in [-0.05, 0) is 31.1 Å².